The first-order valence-corrected chi connectivity index (χ1v) is 10.6. The van der Waals surface area contributed by atoms with Gasteiger partial charge in [0.1, 0.15) is 0 Å². The molecule has 2 heterocycles. The Hall–Kier alpha value is -4.04. The van der Waals surface area contributed by atoms with Gasteiger partial charge in [-0.1, -0.05) is 48.0 Å². The molecule has 8 nitrogen and oxygen atoms in total. The Bertz CT molecular complexity index is 1380. The standard InChI is InChI=1S/C24H20ClN5O3/c1-16(17-7-3-2-4-8-17)29-23(32)21(22(31)27-15-19-9-5-6-14-26-19)28-30(24(29)33)20-12-10-18(25)11-13-20/h2-14,16H,15H2,1H3,(H,27,31). The number of rotatable bonds is 6. The van der Waals surface area contributed by atoms with E-state index in [1.807, 2.05) is 30.3 Å². The summed E-state index contributed by atoms with van der Waals surface area (Å²) in [6.07, 6.45) is 1.61. The van der Waals surface area contributed by atoms with E-state index < -0.39 is 28.9 Å². The van der Waals surface area contributed by atoms with Crippen molar-refractivity contribution in [3.05, 3.63) is 122 Å². The fraction of sp³-hybridized carbons (Fsp3) is 0.125. The van der Waals surface area contributed by atoms with E-state index >= 15 is 0 Å². The Morgan fingerprint density at radius 2 is 1.70 bits per heavy atom. The monoisotopic (exact) mass is 461 g/mol. The average Bonchev–Trinajstić information content (AvgIpc) is 2.84. The molecule has 0 aliphatic carbocycles. The van der Waals surface area contributed by atoms with E-state index in [2.05, 4.69) is 15.4 Å². The van der Waals surface area contributed by atoms with Gasteiger partial charge in [-0.3, -0.25) is 14.6 Å². The van der Waals surface area contributed by atoms with Gasteiger partial charge in [-0.15, -0.1) is 0 Å². The normalized spacial score (nSPS) is 11.7. The lowest BCUT2D eigenvalue weighted by Crippen LogP contribution is -2.47. The third kappa shape index (κ3) is 4.75. The minimum absolute atomic E-state index is 0.106. The smallest absolute Gasteiger partial charge is 0.345 e. The van der Waals surface area contributed by atoms with Crippen LogP contribution in [0.1, 0.15) is 34.7 Å². The van der Waals surface area contributed by atoms with Crippen molar-refractivity contribution in [1.82, 2.24) is 24.6 Å². The number of hydrogen-bond acceptors (Lipinski definition) is 5. The van der Waals surface area contributed by atoms with Crippen LogP contribution in [0.4, 0.5) is 0 Å². The van der Waals surface area contributed by atoms with Crippen LogP contribution in [0, 0.1) is 0 Å². The summed E-state index contributed by atoms with van der Waals surface area (Å²) >= 11 is 5.97. The van der Waals surface area contributed by atoms with Crippen LogP contribution in [0.15, 0.2) is 88.6 Å². The van der Waals surface area contributed by atoms with Crippen molar-refractivity contribution in [1.29, 1.82) is 0 Å². The van der Waals surface area contributed by atoms with Gasteiger partial charge < -0.3 is 5.32 Å². The number of amides is 1. The second kappa shape index (κ2) is 9.62. The second-order valence-corrected chi connectivity index (χ2v) is 7.72. The Morgan fingerprint density at radius 3 is 2.36 bits per heavy atom. The van der Waals surface area contributed by atoms with E-state index in [-0.39, 0.29) is 6.54 Å². The van der Waals surface area contributed by atoms with Crippen LogP contribution in [0.2, 0.25) is 5.02 Å². The van der Waals surface area contributed by atoms with E-state index in [9.17, 15) is 14.4 Å². The van der Waals surface area contributed by atoms with Gasteiger partial charge in [-0.2, -0.15) is 9.78 Å². The summed E-state index contributed by atoms with van der Waals surface area (Å²) in [6.45, 7) is 1.83. The van der Waals surface area contributed by atoms with Gasteiger partial charge in [-0.25, -0.2) is 9.36 Å². The molecule has 4 aromatic rings. The molecule has 0 fully saturated rings. The van der Waals surface area contributed by atoms with Crippen LogP contribution >= 0.6 is 11.6 Å². The van der Waals surface area contributed by atoms with Gasteiger partial charge in [-0.05, 0) is 48.9 Å². The molecule has 0 spiro atoms. The molecule has 33 heavy (non-hydrogen) atoms. The molecular weight excluding hydrogens is 442 g/mol. The van der Waals surface area contributed by atoms with Crippen LogP contribution in [-0.2, 0) is 6.54 Å². The Labute approximate surface area is 194 Å². The Balaban J connectivity index is 1.82. The topological polar surface area (TPSA) is 98.9 Å². The van der Waals surface area contributed by atoms with Crippen molar-refractivity contribution in [3.8, 4) is 5.69 Å². The zero-order valence-electron chi connectivity index (χ0n) is 17.7. The van der Waals surface area contributed by atoms with Crippen molar-refractivity contribution in [3.63, 3.8) is 0 Å². The lowest BCUT2D eigenvalue weighted by Gasteiger charge is -2.17. The lowest BCUT2D eigenvalue weighted by atomic mass is 10.1. The SMILES string of the molecule is CC(c1ccccc1)n1c(=O)c(C(=O)NCc2ccccn2)nn(-c2ccc(Cl)cc2)c1=O. The summed E-state index contributed by atoms with van der Waals surface area (Å²) in [5.74, 6) is -0.706. The molecule has 2 aromatic carbocycles. The Kier molecular flexibility index (Phi) is 6.46. The number of benzene rings is 2. The summed E-state index contributed by atoms with van der Waals surface area (Å²) in [5.41, 5.74) is -0.110. The van der Waals surface area contributed by atoms with Gasteiger partial charge >= 0.3 is 5.69 Å². The molecule has 1 unspecified atom stereocenters. The highest BCUT2D eigenvalue weighted by molar-refractivity contribution is 6.30. The van der Waals surface area contributed by atoms with E-state index in [0.717, 1.165) is 14.8 Å². The van der Waals surface area contributed by atoms with Gasteiger partial charge in [0.15, 0.2) is 0 Å². The predicted octanol–water partition coefficient (Wildman–Crippen LogP) is 2.98. The van der Waals surface area contributed by atoms with E-state index in [1.165, 1.54) is 0 Å². The van der Waals surface area contributed by atoms with Crippen molar-refractivity contribution < 1.29 is 4.79 Å². The van der Waals surface area contributed by atoms with E-state index in [1.54, 1.807) is 55.6 Å². The first kappa shape index (κ1) is 22.2. The fourth-order valence-electron chi connectivity index (χ4n) is 3.36. The highest BCUT2D eigenvalue weighted by Gasteiger charge is 2.23. The van der Waals surface area contributed by atoms with Crippen molar-refractivity contribution in [2.75, 3.05) is 0 Å². The molecule has 0 saturated carbocycles. The average molecular weight is 462 g/mol. The first-order chi connectivity index (χ1) is 16.0. The van der Waals surface area contributed by atoms with Gasteiger partial charge in [0.2, 0.25) is 5.69 Å². The van der Waals surface area contributed by atoms with Crippen molar-refractivity contribution in [2.24, 2.45) is 0 Å². The summed E-state index contributed by atoms with van der Waals surface area (Å²) in [7, 11) is 0. The largest absolute Gasteiger partial charge is 0.352 e. The molecule has 4 rings (SSSR count). The van der Waals surface area contributed by atoms with E-state index in [0.29, 0.717) is 16.4 Å². The fourth-order valence-corrected chi connectivity index (χ4v) is 3.49. The molecule has 1 atom stereocenters. The van der Waals surface area contributed by atoms with Crippen LogP contribution in [0.25, 0.3) is 5.69 Å². The maximum Gasteiger partial charge on any atom is 0.352 e. The molecule has 1 N–H and O–H groups in total. The molecule has 0 radical (unpaired) electrons. The second-order valence-electron chi connectivity index (χ2n) is 7.28. The van der Waals surface area contributed by atoms with Crippen LogP contribution < -0.4 is 16.6 Å². The molecule has 1 amide bonds. The molecule has 2 aromatic heterocycles. The Morgan fingerprint density at radius 1 is 1.00 bits per heavy atom. The highest BCUT2D eigenvalue weighted by Crippen LogP contribution is 2.15. The number of carbonyl (C=O) groups is 1. The maximum absolute atomic E-state index is 13.3. The molecule has 166 valence electrons. The quantitative estimate of drug-likeness (QED) is 0.476. The minimum atomic E-state index is -0.778. The number of pyridine rings is 1. The van der Waals surface area contributed by atoms with Gasteiger partial charge in [0, 0.05) is 11.2 Å². The number of carbonyl (C=O) groups excluding carboxylic acids is 1. The van der Waals surface area contributed by atoms with Crippen molar-refractivity contribution >= 4 is 17.5 Å². The zero-order chi connectivity index (χ0) is 23.4. The predicted molar refractivity (Wildman–Crippen MR) is 125 cm³/mol. The number of aromatic nitrogens is 4. The maximum atomic E-state index is 13.3. The van der Waals surface area contributed by atoms with Crippen molar-refractivity contribution in [2.45, 2.75) is 19.5 Å². The molecule has 9 heteroatoms. The van der Waals surface area contributed by atoms with Crippen LogP contribution in [0.3, 0.4) is 0 Å². The summed E-state index contributed by atoms with van der Waals surface area (Å²) in [5, 5.41) is 7.25. The number of halogens is 1. The van der Waals surface area contributed by atoms with Crippen LogP contribution in [0.5, 0.6) is 0 Å². The third-order valence-corrected chi connectivity index (χ3v) is 5.37. The number of nitrogens with zero attached hydrogens (tertiary/aromatic N) is 4. The van der Waals surface area contributed by atoms with Gasteiger partial charge in [0.05, 0.1) is 24.0 Å². The molecule has 0 bridgehead atoms. The zero-order valence-corrected chi connectivity index (χ0v) is 18.4. The van der Waals surface area contributed by atoms with Crippen LogP contribution in [-0.4, -0.2) is 25.2 Å². The minimum Gasteiger partial charge on any atom is -0.345 e. The molecule has 0 aliphatic rings. The van der Waals surface area contributed by atoms with E-state index in [4.69, 9.17) is 11.6 Å². The first-order valence-electron chi connectivity index (χ1n) is 10.2. The summed E-state index contributed by atoms with van der Waals surface area (Å²) < 4.78 is 2.07. The molecular formula is C24H20ClN5O3. The lowest BCUT2D eigenvalue weighted by molar-refractivity contribution is 0.0940. The third-order valence-electron chi connectivity index (χ3n) is 5.12. The molecule has 0 aliphatic heterocycles. The summed E-state index contributed by atoms with van der Waals surface area (Å²) in [4.78, 5) is 43.7. The summed E-state index contributed by atoms with van der Waals surface area (Å²) in [6, 6.07) is 20.1. The highest BCUT2D eigenvalue weighted by atomic mass is 35.5. The molecule has 0 saturated heterocycles. The number of hydrogen-bond donors (Lipinski definition) is 1. The van der Waals surface area contributed by atoms with Gasteiger partial charge in [0.25, 0.3) is 11.5 Å². The number of nitrogens with one attached hydrogen (secondary N) is 1.